The van der Waals surface area contributed by atoms with Gasteiger partial charge in [0.1, 0.15) is 6.54 Å². The fourth-order valence-corrected chi connectivity index (χ4v) is 4.84. The van der Waals surface area contributed by atoms with Crippen molar-refractivity contribution in [2.75, 3.05) is 5.32 Å². The number of nitrogens with zero attached hydrogens (tertiary/aromatic N) is 2. The molecule has 0 unspecified atom stereocenters. The molecule has 1 amide bonds. The van der Waals surface area contributed by atoms with Crippen LogP contribution in [0.2, 0.25) is 0 Å². The number of para-hydroxylation sites is 1. The number of benzene rings is 2. The first-order chi connectivity index (χ1) is 14.0. The number of carbonyl (C=O) groups is 1. The number of amides is 1. The summed E-state index contributed by atoms with van der Waals surface area (Å²) in [6, 6.07) is 19.7. The molecule has 0 aliphatic carbocycles. The molecular formula is C22H19N3O3S. The molecule has 0 saturated carbocycles. The van der Waals surface area contributed by atoms with Gasteiger partial charge in [-0.3, -0.25) is 9.78 Å². The van der Waals surface area contributed by atoms with Gasteiger partial charge in [0.05, 0.1) is 22.5 Å². The largest absolute Gasteiger partial charge is 0.337 e. The minimum Gasteiger partial charge on any atom is -0.337 e. The predicted octanol–water partition coefficient (Wildman–Crippen LogP) is 3.65. The monoisotopic (exact) mass is 405 g/mol. The second-order valence-electron chi connectivity index (χ2n) is 6.67. The third-order valence-corrected chi connectivity index (χ3v) is 6.25. The van der Waals surface area contributed by atoms with Gasteiger partial charge >= 0.3 is 0 Å². The molecule has 0 fully saturated rings. The molecule has 2 aromatic heterocycles. The van der Waals surface area contributed by atoms with Crippen molar-refractivity contribution < 1.29 is 13.2 Å². The van der Waals surface area contributed by atoms with Gasteiger partial charge in [0, 0.05) is 23.3 Å². The number of sulfone groups is 1. The number of rotatable bonds is 6. The lowest BCUT2D eigenvalue weighted by Gasteiger charge is -2.06. The SMILES string of the molecule is O=C(Cn1cc(S(=O)(=O)Cc2ccccc2)c2ccccc21)Nc1cccnc1. The first kappa shape index (κ1) is 18.9. The van der Waals surface area contributed by atoms with Crippen LogP contribution in [0.4, 0.5) is 5.69 Å². The average Bonchev–Trinajstić information content (AvgIpc) is 3.09. The van der Waals surface area contributed by atoms with E-state index < -0.39 is 9.84 Å². The molecule has 0 bridgehead atoms. The number of carbonyl (C=O) groups excluding carboxylic acids is 1. The predicted molar refractivity (Wildman–Crippen MR) is 112 cm³/mol. The summed E-state index contributed by atoms with van der Waals surface area (Å²) in [5.41, 5.74) is 2.00. The van der Waals surface area contributed by atoms with Gasteiger partial charge in [-0.15, -0.1) is 0 Å². The molecule has 0 aliphatic rings. The van der Waals surface area contributed by atoms with Crippen molar-refractivity contribution >= 4 is 32.3 Å². The minimum absolute atomic E-state index is 0.00371. The van der Waals surface area contributed by atoms with E-state index >= 15 is 0 Å². The number of hydrogen-bond acceptors (Lipinski definition) is 4. The molecule has 0 saturated heterocycles. The number of hydrogen-bond donors (Lipinski definition) is 1. The Morgan fingerprint density at radius 1 is 0.966 bits per heavy atom. The Morgan fingerprint density at radius 3 is 2.48 bits per heavy atom. The van der Waals surface area contributed by atoms with Crippen LogP contribution in [-0.4, -0.2) is 23.9 Å². The van der Waals surface area contributed by atoms with Gasteiger partial charge in [-0.1, -0.05) is 48.5 Å². The highest BCUT2D eigenvalue weighted by atomic mass is 32.2. The highest BCUT2D eigenvalue weighted by Gasteiger charge is 2.22. The van der Waals surface area contributed by atoms with Crippen LogP contribution >= 0.6 is 0 Å². The maximum Gasteiger partial charge on any atom is 0.244 e. The van der Waals surface area contributed by atoms with Crippen molar-refractivity contribution in [2.24, 2.45) is 0 Å². The van der Waals surface area contributed by atoms with Gasteiger partial charge in [-0.25, -0.2) is 8.42 Å². The van der Waals surface area contributed by atoms with Crippen LogP contribution in [0.5, 0.6) is 0 Å². The van der Waals surface area contributed by atoms with Crippen molar-refractivity contribution in [3.63, 3.8) is 0 Å². The van der Waals surface area contributed by atoms with Crippen molar-refractivity contribution in [3.05, 3.63) is 90.9 Å². The summed E-state index contributed by atoms with van der Waals surface area (Å²) >= 11 is 0. The molecule has 1 N–H and O–H groups in total. The maximum atomic E-state index is 13.1. The summed E-state index contributed by atoms with van der Waals surface area (Å²) in [5, 5.41) is 3.38. The van der Waals surface area contributed by atoms with Gasteiger partial charge in [0.2, 0.25) is 5.91 Å². The number of fused-ring (bicyclic) bond motifs is 1. The van der Waals surface area contributed by atoms with Crippen LogP contribution in [0.25, 0.3) is 10.9 Å². The molecule has 4 aromatic rings. The molecule has 4 rings (SSSR count). The van der Waals surface area contributed by atoms with Crippen LogP contribution < -0.4 is 5.32 Å². The highest BCUT2D eigenvalue weighted by Crippen LogP contribution is 2.28. The summed E-state index contributed by atoms with van der Waals surface area (Å²) in [7, 11) is -3.58. The Kier molecular flexibility index (Phi) is 5.14. The molecule has 2 heterocycles. The van der Waals surface area contributed by atoms with E-state index in [0.29, 0.717) is 16.6 Å². The molecule has 2 aromatic carbocycles. The van der Waals surface area contributed by atoms with Crippen LogP contribution in [0.1, 0.15) is 5.56 Å². The van der Waals surface area contributed by atoms with Crippen LogP contribution in [0.3, 0.4) is 0 Å². The normalized spacial score (nSPS) is 11.4. The van der Waals surface area contributed by atoms with Gasteiger partial charge in [-0.2, -0.15) is 0 Å². The molecular weight excluding hydrogens is 386 g/mol. The zero-order valence-corrected chi connectivity index (χ0v) is 16.3. The second kappa shape index (κ2) is 7.89. The number of pyridine rings is 1. The fourth-order valence-electron chi connectivity index (χ4n) is 3.26. The molecule has 0 aliphatic heterocycles. The minimum atomic E-state index is -3.58. The molecule has 0 spiro atoms. The van der Waals surface area contributed by atoms with Crippen LogP contribution in [-0.2, 0) is 26.9 Å². The van der Waals surface area contributed by atoms with E-state index in [1.165, 1.54) is 0 Å². The van der Waals surface area contributed by atoms with Crippen molar-refractivity contribution in [3.8, 4) is 0 Å². The number of aromatic nitrogens is 2. The van der Waals surface area contributed by atoms with Gasteiger partial charge in [-0.05, 0) is 23.8 Å². The molecule has 29 heavy (non-hydrogen) atoms. The third kappa shape index (κ3) is 4.20. The fraction of sp³-hybridized carbons (Fsp3) is 0.0909. The lowest BCUT2D eigenvalue weighted by atomic mass is 10.2. The first-order valence-electron chi connectivity index (χ1n) is 9.07. The Balaban J connectivity index is 1.65. The Morgan fingerprint density at radius 2 is 1.72 bits per heavy atom. The first-order valence-corrected chi connectivity index (χ1v) is 10.7. The molecule has 7 heteroatoms. The van der Waals surface area contributed by atoms with E-state index in [4.69, 9.17) is 0 Å². The Bertz CT molecular complexity index is 1250. The smallest absolute Gasteiger partial charge is 0.244 e. The van der Waals surface area contributed by atoms with E-state index in [9.17, 15) is 13.2 Å². The molecule has 6 nitrogen and oxygen atoms in total. The highest BCUT2D eigenvalue weighted by molar-refractivity contribution is 7.90. The van der Waals surface area contributed by atoms with Gasteiger partial charge in [0.25, 0.3) is 0 Å². The van der Waals surface area contributed by atoms with Crippen molar-refractivity contribution in [1.29, 1.82) is 0 Å². The maximum absolute atomic E-state index is 13.1. The Labute approximate surface area is 168 Å². The second-order valence-corrected chi connectivity index (χ2v) is 8.63. The summed E-state index contributed by atoms with van der Waals surface area (Å²) in [5.74, 6) is -0.352. The summed E-state index contributed by atoms with van der Waals surface area (Å²) in [6.45, 7) is -0.00371. The van der Waals surface area contributed by atoms with Crippen molar-refractivity contribution in [2.45, 2.75) is 17.2 Å². The summed E-state index contributed by atoms with van der Waals surface area (Å²) in [4.78, 5) is 16.7. The molecule has 0 atom stereocenters. The zero-order chi connectivity index (χ0) is 20.3. The van der Waals surface area contributed by atoms with E-state index in [1.54, 1.807) is 59.6 Å². The topological polar surface area (TPSA) is 81.1 Å². The van der Waals surface area contributed by atoms with Gasteiger partial charge in [0.15, 0.2) is 9.84 Å². The third-order valence-electron chi connectivity index (χ3n) is 4.55. The lowest BCUT2D eigenvalue weighted by Crippen LogP contribution is -2.18. The summed E-state index contributed by atoms with van der Waals surface area (Å²) < 4.78 is 27.8. The number of anilines is 1. The quantitative estimate of drug-likeness (QED) is 0.531. The average molecular weight is 405 g/mol. The van der Waals surface area contributed by atoms with Gasteiger partial charge < -0.3 is 9.88 Å². The van der Waals surface area contributed by atoms with Crippen molar-refractivity contribution in [1.82, 2.24) is 9.55 Å². The molecule has 0 radical (unpaired) electrons. The lowest BCUT2D eigenvalue weighted by molar-refractivity contribution is -0.116. The summed E-state index contributed by atoms with van der Waals surface area (Å²) in [6.07, 6.45) is 4.73. The standard InChI is InChI=1S/C22H19N3O3S/c26-22(24-18-9-6-12-23-13-18)15-25-14-21(19-10-4-5-11-20(19)25)29(27,28)16-17-7-2-1-3-8-17/h1-14H,15-16H2,(H,24,26). The number of nitrogens with one attached hydrogen (secondary N) is 1. The van der Waals surface area contributed by atoms with E-state index in [0.717, 1.165) is 5.56 Å². The Hall–Kier alpha value is -3.45. The molecule has 146 valence electrons. The van der Waals surface area contributed by atoms with E-state index in [1.807, 2.05) is 30.3 Å². The van der Waals surface area contributed by atoms with Crippen LogP contribution in [0.15, 0.2) is 90.2 Å². The van der Waals surface area contributed by atoms with Crippen LogP contribution in [0, 0.1) is 0 Å². The van der Waals surface area contributed by atoms with E-state index in [-0.39, 0.29) is 23.1 Å². The van der Waals surface area contributed by atoms with E-state index in [2.05, 4.69) is 10.3 Å². The zero-order valence-electron chi connectivity index (χ0n) is 15.5.